The number of hydrogen-bond acceptors (Lipinski definition) is 8. The number of para-hydroxylation sites is 1. The average molecular weight is 487 g/mol. The van der Waals surface area contributed by atoms with Crippen molar-refractivity contribution in [3.63, 3.8) is 0 Å². The number of nitrogens with two attached hydrogens (primary N) is 1. The molecule has 1 unspecified atom stereocenters. The Bertz CT molecular complexity index is 1160. The highest BCUT2D eigenvalue weighted by atomic mass is 32.2. The third-order valence-corrected chi connectivity index (χ3v) is 8.07. The van der Waals surface area contributed by atoms with Crippen LogP contribution in [0.1, 0.15) is 30.1 Å². The van der Waals surface area contributed by atoms with Gasteiger partial charge in [-0.2, -0.15) is 0 Å². The molecule has 5 N–H and O–H groups in total. The Balaban J connectivity index is 1.24. The van der Waals surface area contributed by atoms with E-state index >= 15 is 0 Å². The molecule has 1 saturated carbocycles. The topological polar surface area (TPSA) is 154 Å². The standard InChI is InChI=1S/C21H22N6O4S2/c22-13-4-2-1-3-11(13)7-14(28)23-15-18(29)27-16(20(30)31)12(8-32-19(15)27)9-33-21-24-17(25-26-21)10-5-6-10/h1-4,10,15,19H,5-9,22H2,(H,23,28)(H,30,31)(H,24,25,26)/t15?,19-/m0/s1. The van der Waals surface area contributed by atoms with E-state index in [9.17, 15) is 19.5 Å². The van der Waals surface area contributed by atoms with Crippen molar-refractivity contribution in [2.24, 2.45) is 0 Å². The fourth-order valence-corrected chi connectivity index (χ4v) is 6.19. The summed E-state index contributed by atoms with van der Waals surface area (Å²) in [5.74, 6) is 0.241. The summed E-state index contributed by atoms with van der Waals surface area (Å²) in [7, 11) is 0. The van der Waals surface area contributed by atoms with E-state index in [1.807, 2.05) is 0 Å². The maximum absolute atomic E-state index is 12.8. The molecule has 1 aliphatic carbocycles. The van der Waals surface area contributed by atoms with E-state index in [-0.39, 0.29) is 18.0 Å². The predicted octanol–water partition coefficient (Wildman–Crippen LogP) is 1.34. The van der Waals surface area contributed by atoms with Crippen molar-refractivity contribution in [1.29, 1.82) is 0 Å². The highest BCUT2D eigenvalue weighted by Gasteiger charge is 2.54. The van der Waals surface area contributed by atoms with Gasteiger partial charge < -0.3 is 16.2 Å². The van der Waals surface area contributed by atoms with E-state index in [2.05, 4.69) is 20.5 Å². The van der Waals surface area contributed by atoms with Crippen LogP contribution in [0, 0.1) is 0 Å². The molecule has 1 aromatic carbocycles. The molecule has 1 aromatic heterocycles. The van der Waals surface area contributed by atoms with Gasteiger partial charge in [0.05, 0.1) is 6.42 Å². The third-order valence-electron chi connectivity index (χ3n) is 5.79. The number of carboxylic acids is 1. The zero-order valence-electron chi connectivity index (χ0n) is 17.5. The van der Waals surface area contributed by atoms with Crippen molar-refractivity contribution in [1.82, 2.24) is 25.4 Å². The number of amides is 2. The Morgan fingerprint density at radius 3 is 2.85 bits per heavy atom. The maximum atomic E-state index is 12.8. The Hall–Kier alpha value is -2.99. The number of aliphatic carboxylic acids is 1. The van der Waals surface area contributed by atoms with Crippen molar-refractivity contribution in [2.75, 3.05) is 17.2 Å². The van der Waals surface area contributed by atoms with Crippen LogP contribution in [0.5, 0.6) is 0 Å². The zero-order chi connectivity index (χ0) is 23.1. The van der Waals surface area contributed by atoms with Crippen molar-refractivity contribution in [3.05, 3.63) is 46.9 Å². The van der Waals surface area contributed by atoms with Gasteiger partial charge in [0.1, 0.15) is 22.9 Å². The highest BCUT2D eigenvalue weighted by molar-refractivity contribution is 8.01. The lowest BCUT2D eigenvalue weighted by Gasteiger charge is -2.49. The number of aromatic nitrogens is 3. The molecule has 3 heterocycles. The molecule has 2 aliphatic heterocycles. The number of rotatable bonds is 8. The van der Waals surface area contributed by atoms with Crippen molar-refractivity contribution < 1.29 is 19.5 Å². The second-order valence-corrected chi connectivity index (χ2v) is 10.2. The van der Waals surface area contributed by atoms with Crippen LogP contribution in [0.15, 0.2) is 40.7 Å². The summed E-state index contributed by atoms with van der Waals surface area (Å²) >= 11 is 2.79. The van der Waals surface area contributed by atoms with Gasteiger partial charge in [-0.05, 0) is 30.0 Å². The number of carbonyl (C=O) groups excluding carboxylic acids is 2. The number of benzene rings is 1. The van der Waals surface area contributed by atoms with Gasteiger partial charge in [-0.25, -0.2) is 9.78 Å². The third kappa shape index (κ3) is 4.32. The largest absolute Gasteiger partial charge is 0.477 e. The Labute approximate surface area is 197 Å². The van der Waals surface area contributed by atoms with Crippen molar-refractivity contribution >= 4 is 47.0 Å². The number of hydrogen-bond donors (Lipinski definition) is 4. The molecule has 2 atom stereocenters. The number of carboxylic acid groups (broad SMARTS) is 1. The molecular weight excluding hydrogens is 464 g/mol. The number of β-lactam (4-membered cyclic amide) rings is 1. The van der Waals surface area contributed by atoms with E-state index < -0.39 is 23.3 Å². The van der Waals surface area contributed by atoms with Crippen LogP contribution in [-0.2, 0) is 20.8 Å². The number of anilines is 1. The molecule has 0 radical (unpaired) electrons. The minimum atomic E-state index is -1.15. The second-order valence-electron chi connectivity index (χ2n) is 8.15. The van der Waals surface area contributed by atoms with Crippen LogP contribution >= 0.6 is 23.5 Å². The first-order valence-electron chi connectivity index (χ1n) is 10.5. The summed E-state index contributed by atoms with van der Waals surface area (Å²) < 4.78 is 0. The van der Waals surface area contributed by atoms with E-state index in [0.717, 1.165) is 18.7 Å². The first-order chi connectivity index (χ1) is 15.9. The molecule has 2 fully saturated rings. The molecule has 3 aliphatic rings. The van der Waals surface area contributed by atoms with E-state index in [4.69, 9.17) is 5.73 Å². The smallest absolute Gasteiger partial charge is 0.352 e. The minimum Gasteiger partial charge on any atom is -0.477 e. The summed E-state index contributed by atoms with van der Waals surface area (Å²) in [6.07, 6.45) is 2.27. The molecule has 2 aromatic rings. The normalized spacial score (nSPS) is 22.1. The van der Waals surface area contributed by atoms with Crippen molar-refractivity contribution in [3.8, 4) is 0 Å². The number of H-pyrrole nitrogens is 1. The monoisotopic (exact) mass is 486 g/mol. The second kappa shape index (κ2) is 8.75. The van der Waals surface area contributed by atoms with E-state index in [0.29, 0.717) is 39.4 Å². The Morgan fingerprint density at radius 1 is 1.33 bits per heavy atom. The number of nitrogens with one attached hydrogen (secondary N) is 2. The Morgan fingerprint density at radius 2 is 2.12 bits per heavy atom. The number of thioether (sulfide) groups is 2. The predicted molar refractivity (Wildman–Crippen MR) is 123 cm³/mol. The maximum Gasteiger partial charge on any atom is 0.352 e. The first kappa shape index (κ1) is 21.8. The molecule has 2 amide bonds. The number of aromatic amines is 1. The molecular formula is C21H22N6O4S2. The van der Waals surface area contributed by atoms with Crippen LogP contribution in [0.4, 0.5) is 5.69 Å². The summed E-state index contributed by atoms with van der Waals surface area (Å²) in [6.45, 7) is 0. The van der Waals surface area contributed by atoms with E-state index in [1.165, 1.54) is 28.4 Å². The van der Waals surface area contributed by atoms with Gasteiger partial charge in [-0.1, -0.05) is 30.0 Å². The Kier molecular flexibility index (Phi) is 5.79. The molecule has 12 heteroatoms. The van der Waals surface area contributed by atoms with Crippen LogP contribution in [-0.4, -0.2) is 65.9 Å². The lowest BCUT2D eigenvalue weighted by molar-refractivity contribution is -0.150. The summed E-state index contributed by atoms with van der Waals surface area (Å²) in [5.41, 5.74) is 7.71. The van der Waals surface area contributed by atoms with Gasteiger partial charge in [0.15, 0.2) is 0 Å². The molecule has 33 heavy (non-hydrogen) atoms. The quantitative estimate of drug-likeness (QED) is 0.246. The zero-order valence-corrected chi connectivity index (χ0v) is 19.1. The van der Waals surface area contributed by atoms with Crippen LogP contribution < -0.4 is 11.1 Å². The minimum absolute atomic E-state index is 0.00740. The van der Waals surface area contributed by atoms with Gasteiger partial charge in [-0.3, -0.25) is 19.6 Å². The SMILES string of the molecule is Nc1ccccc1CC(=O)NC1C(=O)N2C(C(=O)O)=C(CSc3n[nH]c(C4CC4)n3)CS[C@@H]12. The summed E-state index contributed by atoms with van der Waals surface area (Å²) in [5, 5.41) is 19.8. The number of fused-ring (bicyclic) bond motifs is 1. The number of nitrogens with zero attached hydrogens (tertiary/aromatic N) is 3. The molecule has 0 bridgehead atoms. The average Bonchev–Trinajstić information content (AvgIpc) is 3.54. The van der Waals surface area contributed by atoms with Crippen LogP contribution in [0.2, 0.25) is 0 Å². The van der Waals surface area contributed by atoms with Gasteiger partial charge in [0.25, 0.3) is 5.91 Å². The molecule has 0 spiro atoms. The van der Waals surface area contributed by atoms with Gasteiger partial charge in [0, 0.05) is 23.1 Å². The summed E-state index contributed by atoms with van der Waals surface area (Å²) in [4.78, 5) is 43.0. The first-order valence-corrected chi connectivity index (χ1v) is 12.5. The van der Waals surface area contributed by atoms with Crippen LogP contribution in [0.3, 0.4) is 0 Å². The van der Waals surface area contributed by atoms with E-state index in [1.54, 1.807) is 24.3 Å². The molecule has 10 nitrogen and oxygen atoms in total. The van der Waals surface area contributed by atoms with Crippen LogP contribution in [0.25, 0.3) is 0 Å². The fourth-order valence-electron chi connectivity index (χ4n) is 3.90. The molecule has 5 rings (SSSR count). The molecule has 1 saturated heterocycles. The van der Waals surface area contributed by atoms with Crippen molar-refractivity contribution in [2.45, 2.75) is 41.8 Å². The highest BCUT2D eigenvalue weighted by Crippen LogP contribution is 2.42. The summed E-state index contributed by atoms with van der Waals surface area (Å²) in [6, 6.07) is 6.29. The van der Waals surface area contributed by atoms with Gasteiger partial charge in [-0.15, -0.1) is 16.9 Å². The number of carbonyl (C=O) groups is 3. The lowest BCUT2D eigenvalue weighted by Crippen LogP contribution is -2.70. The van der Waals surface area contributed by atoms with Gasteiger partial charge in [0.2, 0.25) is 11.1 Å². The lowest BCUT2D eigenvalue weighted by atomic mass is 10.0. The molecule has 172 valence electrons. The fraction of sp³-hybridized carbons (Fsp3) is 0.381. The number of nitrogen functional groups attached to an aromatic ring is 1. The van der Waals surface area contributed by atoms with Gasteiger partial charge >= 0.3 is 5.97 Å².